The van der Waals surface area contributed by atoms with Gasteiger partial charge >= 0.3 is 0 Å². The SMILES string of the molecule is COc1cc(NC(=O)c2ccccc2)c(C)cc1NC(C)=O. The van der Waals surface area contributed by atoms with E-state index in [0.29, 0.717) is 22.7 Å². The summed E-state index contributed by atoms with van der Waals surface area (Å²) < 4.78 is 5.26. The Morgan fingerprint density at radius 3 is 2.27 bits per heavy atom. The van der Waals surface area contributed by atoms with E-state index in [4.69, 9.17) is 4.74 Å². The van der Waals surface area contributed by atoms with E-state index in [1.54, 1.807) is 24.3 Å². The molecule has 0 saturated carbocycles. The number of rotatable bonds is 4. The first-order valence-electron chi connectivity index (χ1n) is 6.84. The third kappa shape index (κ3) is 3.63. The zero-order chi connectivity index (χ0) is 16.1. The maximum Gasteiger partial charge on any atom is 0.255 e. The first-order valence-corrected chi connectivity index (χ1v) is 6.84. The molecule has 0 aliphatic heterocycles. The average Bonchev–Trinajstić information content (AvgIpc) is 2.50. The second-order valence-corrected chi connectivity index (χ2v) is 4.87. The van der Waals surface area contributed by atoms with E-state index < -0.39 is 0 Å². The molecular weight excluding hydrogens is 280 g/mol. The minimum absolute atomic E-state index is 0.182. The van der Waals surface area contributed by atoms with Crippen LogP contribution in [0, 0.1) is 6.92 Å². The molecule has 0 fully saturated rings. The summed E-state index contributed by atoms with van der Waals surface area (Å²) in [5, 5.41) is 5.55. The minimum atomic E-state index is -0.196. The number of anilines is 2. The highest BCUT2D eigenvalue weighted by molar-refractivity contribution is 6.05. The van der Waals surface area contributed by atoms with E-state index in [1.165, 1.54) is 14.0 Å². The van der Waals surface area contributed by atoms with Gasteiger partial charge in [-0.25, -0.2) is 0 Å². The molecule has 5 nitrogen and oxygen atoms in total. The molecule has 2 aromatic carbocycles. The van der Waals surface area contributed by atoms with Crippen molar-refractivity contribution in [2.24, 2.45) is 0 Å². The molecule has 0 aliphatic carbocycles. The van der Waals surface area contributed by atoms with Crippen molar-refractivity contribution in [1.29, 1.82) is 0 Å². The van der Waals surface area contributed by atoms with Crippen LogP contribution in [0.2, 0.25) is 0 Å². The van der Waals surface area contributed by atoms with Gasteiger partial charge in [-0.1, -0.05) is 18.2 Å². The smallest absolute Gasteiger partial charge is 0.255 e. The topological polar surface area (TPSA) is 67.4 Å². The summed E-state index contributed by atoms with van der Waals surface area (Å²) in [4.78, 5) is 23.4. The third-order valence-electron chi connectivity index (χ3n) is 3.14. The van der Waals surface area contributed by atoms with Gasteiger partial charge < -0.3 is 15.4 Å². The van der Waals surface area contributed by atoms with Crippen molar-refractivity contribution < 1.29 is 14.3 Å². The van der Waals surface area contributed by atoms with Crippen molar-refractivity contribution in [2.75, 3.05) is 17.7 Å². The molecule has 0 saturated heterocycles. The summed E-state index contributed by atoms with van der Waals surface area (Å²) in [7, 11) is 1.51. The Kier molecular flexibility index (Phi) is 4.78. The maximum atomic E-state index is 12.2. The molecule has 2 aromatic rings. The third-order valence-corrected chi connectivity index (χ3v) is 3.14. The van der Waals surface area contributed by atoms with E-state index in [1.807, 2.05) is 25.1 Å². The lowest BCUT2D eigenvalue weighted by atomic mass is 10.1. The summed E-state index contributed by atoms with van der Waals surface area (Å²) in [6, 6.07) is 12.4. The van der Waals surface area contributed by atoms with Crippen LogP contribution in [-0.4, -0.2) is 18.9 Å². The summed E-state index contributed by atoms with van der Waals surface area (Å²) in [6.07, 6.45) is 0. The van der Waals surface area contributed by atoms with Crippen LogP contribution in [0.4, 0.5) is 11.4 Å². The lowest BCUT2D eigenvalue weighted by Gasteiger charge is -2.14. The lowest BCUT2D eigenvalue weighted by molar-refractivity contribution is -0.114. The molecule has 0 heterocycles. The molecule has 0 aromatic heterocycles. The number of amides is 2. The van der Waals surface area contributed by atoms with Gasteiger partial charge in [0.15, 0.2) is 0 Å². The quantitative estimate of drug-likeness (QED) is 0.910. The van der Waals surface area contributed by atoms with Gasteiger partial charge in [-0.2, -0.15) is 0 Å². The van der Waals surface area contributed by atoms with E-state index in [0.717, 1.165) is 5.56 Å². The van der Waals surface area contributed by atoms with E-state index in [2.05, 4.69) is 10.6 Å². The normalized spacial score (nSPS) is 9.95. The lowest BCUT2D eigenvalue weighted by Crippen LogP contribution is -2.13. The van der Waals surface area contributed by atoms with Crippen LogP contribution in [0.3, 0.4) is 0 Å². The monoisotopic (exact) mass is 298 g/mol. The number of benzene rings is 2. The highest BCUT2D eigenvalue weighted by atomic mass is 16.5. The summed E-state index contributed by atoms with van der Waals surface area (Å²) in [6.45, 7) is 3.28. The van der Waals surface area contributed by atoms with E-state index >= 15 is 0 Å². The zero-order valence-corrected chi connectivity index (χ0v) is 12.8. The molecule has 0 radical (unpaired) electrons. The molecule has 2 rings (SSSR count). The summed E-state index contributed by atoms with van der Waals surface area (Å²) >= 11 is 0. The molecule has 5 heteroatoms. The number of hydrogen-bond donors (Lipinski definition) is 2. The molecule has 114 valence electrons. The Bertz CT molecular complexity index is 697. The Morgan fingerprint density at radius 1 is 1.00 bits per heavy atom. The van der Waals surface area contributed by atoms with Crippen LogP contribution >= 0.6 is 0 Å². The van der Waals surface area contributed by atoms with Crippen molar-refractivity contribution in [3.05, 3.63) is 53.6 Å². The first-order chi connectivity index (χ1) is 10.5. The minimum Gasteiger partial charge on any atom is -0.494 e. The van der Waals surface area contributed by atoms with Gasteiger partial charge in [0.25, 0.3) is 5.91 Å². The molecule has 0 bridgehead atoms. The van der Waals surface area contributed by atoms with Gasteiger partial charge in [0.1, 0.15) is 5.75 Å². The number of methoxy groups -OCH3 is 1. The Labute approximate surface area is 129 Å². The number of carbonyl (C=O) groups excluding carboxylic acids is 2. The van der Waals surface area contributed by atoms with Gasteiger partial charge in [0, 0.05) is 24.2 Å². The largest absolute Gasteiger partial charge is 0.494 e. The molecule has 0 spiro atoms. The molecule has 0 aliphatic rings. The predicted octanol–water partition coefficient (Wildman–Crippen LogP) is 3.21. The van der Waals surface area contributed by atoms with Gasteiger partial charge in [-0.15, -0.1) is 0 Å². The van der Waals surface area contributed by atoms with E-state index in [-0.39, 0.29) is 11.8 Å². The summed E-state index contributed by atoms with van der Waals surface area (Å²) in [5.74, 6) is 0.112. The standard InChI is InChI=1S/C17H18N2O3/c1-11-9-15(18-12(2)20)16(22-3)10-14(11)19-17(21)13-7-5-4-6-8-13/h4-10H,1-3H3,(H,18,20)(H,19,21). The highest BCUT2D eigenvalue weighted by Gasteiger charge is 2.12. The number of nitrogens with one attached hydrogen (secondary N) is 2. The van der Waals surface area contributed by atoms with Crippen LogP contribution in [0.25, 0.3) is 0 Å². The highest BCUT2D eigenvalue weighted by Crippen LogP contribution is 2.31. The Morgan fingerprint density at radius 2 is 1.68 bits per heavy atom. The fourth-order valence-electron chi connectivity index (χ4n) is 2.06. The van der Waals surface area contributed by atoms with Crippen molar-refractivity contribution in [1.82, 2.24) is 0 Å². The number of ether oxygens (including phenoxy) is 1. The fourth-order valence-corrected chi connectivity index (χ4v) is 2.06. The fraction of sp³-hybridized carbons (Fsp3) is 0.176. The van der Waals surface area contributed by atoms with E-state index in [9.17, 15) is 9.59 Å². The summed E-state index contributed by atoms with van der Waals surface area (Å²) in [5.41, 5.74) is 2.62. The molecule has 22 heavy (non-hydrogen) atoms. The number of hydrogen-bond acceptors (Lipinski definition) is 3. The second-order valence-electron chi connectivity index (χ2n) is 4.87. The number of carbonyl (C=O) groups is 2. The molecule has 0 atom stereocenters. The predicted molar refractivity (Wildman–Crippen MR) is 86.4 cm³/mol. The Hall–Kier alpha value is -2.82. The van der Waals surface area contributed by atoms with Crippen LogP contribution in [0.5, 0.6) is 5.75 Å². The first kappa shape index (κ1) is 15.6. The maximum absolute atomic E-state index is 12.2. The Balaban J connectivity index is 2.28. The van der Waals surface area contributed by atoms with Crippen molar-refractivity contribution in [2.45, 2.75) is 13.8 Å². The van der Waals surface area contributed by atoms with Gasteiger partial charge in [-0.3, -0.25) is 9.59 Å². The van der Waals surface area contributed by atoms with Crippen molar-refractivity contribution in [3.63, 3.8) is 0 Å². The van der Waals surface area contributed by atoms with Crippen LogP contribution in [0.1, 0.15) is 22.8 Å². The zero-order valence-electron chi connectivity index (χ0n) is 12.8. The molecule has 2 N–H and O–H groups in total. The van der Waals surface area contributed by atoms with Gasteiger partial charge in [0.2, 0.25) is 5.91 Å². The number of aryl methyl sites for hydroxylation is 1. The van der Waals surface area contributed by atoms with Crippen molar-refractivity contribution >= 4 is 23.2 Å². The van der Waals surface area contributed by atoms with Gasteiger partial charge in [0.05, 0.1) is 12.8 Å². The van der Waals surface area contributed by atoms with Crippen LogP contribution < -0.4 is 15.4 Å². The van der Waals surface area contributed by atoms with Crippen LogP contribution in [0.15, 0.2) is 42.5 Å². The average molecular weight is 298 g/mol. The van der Waals surface area contributed by atoms with Gasteiger partial charge in [-0.05, 0) is 30.7 Å². The van der Waals surface area contributed by atoms with Crippen molar-refractivity contribution in [3.8, 4) is 5.75 Å². The molecule has 0 unspecified atom stereocenters. The second kappa shape index (κ2) is 6.76. The molecule has 2 amide bonds. The van der Waals surface area contributed by atoms with Crippen LogP contribution in [-0.2, 0) is 4.79 Å². The molecular formula is C17H18N2O3.